The Balaban J connectivity index is 2.56. The van der Waals surface area contributed by atoms with E-state index in [4.69, 9.17) is 11.6 Å². The summed E-state index contributed by atoms with van der Waals surface area (Å²) in [5.41, 5.74) is 1.98. The molecule has 0 aliphatic carbocycles. The van der Waals surface area contributed by atoms with E-state index < -0.39 is 0 Å². The third-order valence-electron chi connectivity index (χ3n) is 0.311. The minimum absolute atomic E-state index is 0.348. The molecule has 0 unspecified atom stereocenters. The van der Waals surface area contributed by atoms with Gasteiger partial charge in [-0.2, -0.15) is 0 Å². The van der Waals surface area contributed by atoms with Gasteiger partial charge in [-0.3, -0.25) is 9.63 Å². The summed E-state index contributed by atoms with van der Waals surface area (Å²) in [4.78, 5) is 13.8. The summed E-state index contributed by atoms with van der Waals surface area (Å²) >= 11 is 5.16. The third-order valence-corrected chi connectivity index (χ3v) is 0.465. The highest BCUT2D eigenvalue weighted by atomic mass is 35.5. The number of halogens is 1. The van der Waals surface area contributed by atoms with Crippen molar-refractivity contribution >= 4 is 18.0 Å². The van der Waals surface area contributed by atoms with Gasteiger partial charge in [0.15, 0.2) is 0 Å². The van der Waals surface area contributed by atoms with E-state index in [2.05, 4.69) is 4.84 Å². The molecule has 7 heavy (non-hydrogen) atoms. The number of hydrogen-bond donors (Lipinski definition) is 1. The molecule has 0 aliphatic heterocycles. The first-order valence-corrected chi connectivity index (χ1v) is 2.32. The Morgan fingerprint density at radius 3 is 3.00 bits per heavy atom. The van der Waals surface area contributed by atoms with E-state index in [1.54, 1.807) is 0 Å². The zero-order chi connectivity index (χ0) is 5.54. The molecule has 0 radical (unpaired) electrons. The Hall–Kier alpha value is -0.280. The van der Waals surface area contributed by atoms with Crippen LogP contribution in [0.3, 0.4) is 0 Å². The monoisotopic (exact) mass is 123 g/mol. The predicted octanol–water partition coefficient (Wildman–Crippen LogP) is -0.0972. The summed E-state index contributed by atoms with van der Waals surface area (Å²) in [6.45, 7) is 0.348. The summed E-state index contributed by atoms with van der Waals surface area (Å²) in [7, 11) is 0. The van der Waals surface area contributed by atoms with Crippen molar-refractivity contribution < 1.29 is 9.63 Å². The summed E-state index contributed by atoms with van der Waals surface area (Å²) < 4.78 is 0. The fourth-order valence-corrected chi connectivity index (χ4v) is 0.209. The number of nitrogens with one attached hydrogen (secondary N) is 1. The normalized spacial score (nSPS) is 8.14. The molecule has 42 valence electrons. The van der Waals surface area contributed by atoms with Crippen LogP contribution in [0.5, 0.6) is 0 Å². The van der Waals surface area contributed by atoms with Crippen molar-refractivity contribution in [3.8, 4) is 0 Å². The fraction of sp³-hybridized carbons (Fsp3) is 0.667. The number of hydrogen-bond acceptors (Lipinski definition) is 2. The number of alkyl halides is 1. The van der Waals surface area contributed by atoms with Gasteiger partial charge in [0.25, 0.3) is 0 Å². The van der Waals surface area contributed by atoms with Crippen LogP contribution in [0.1, 0.15) is 0 Å². The molecule has 0 aromatic rings. The van der Waals surface area contributed by atoms with Crippen molar-refractivity contribution in [3.63, 3.8) is 0 Å². The zero-order valence-electron chi connectivity index (χ0n) is 3.69. The van der Waals surface area contributed by atoms with Gasteiger partial charge in [0.05, 0.1) is 6.61 Å². The first-order chi connectivity index (χ1) is 3.41. The van der Waals surface area contributed by atoms with Gasteiger partial charge in [-0.25, -0.2) is 5.48 Å². The summed E-state index contributed by atoms with van der Waals surface area (Å²) in [6, 6.07) is 0. The molecule has 3 nitrogen and oxygen atoms in total. The zero-order valence-corrected chi connectivity index (χ0v) is 4.44. The first-order valence-electron chi connectivity index (χ1n) is 1.78. The molecular formula is C3H6ClNO2. The van der Waals surface area contributed by atoms with E-state index in [9.17, 15) is 4.79 Å². The number of carbonyl (C=O) groups is 1. The van der Waals surface area contributed by atoms with E-state index in [1.807, 2.05) is 5.48 Å². The lowest BCUT2D eigenvalue weighted by atomic mass is 10.9. The largest absolute Gasteiger partial charge is 0.277 e. The molecule has 0 aromatic heterocycles. The molecule has 0 saturated carbocycles. The van der Waals surface area contributed by atoms with Crippen molar-refractivity contribution in [2.45, 2.75) is 0 Å². The van der Waals surface area contributed by atoms with Crippen LogP contribution in [0.15, 0.2) is 0 Å². The summed E-state index contributed by atoms with van der Waals surface area (Å²) in [5, 5.41) is 0. The minimum Gasteiger partial charge on any atom is -0.277 e. The second kappa shape index (κ2) is 5.72. The number of carbonyl (C=O) groups excluding carboxylic acids is 1. The van der Waals surface area contributed by atoms with E-state index in [0.29, 0.717) is 18.9 Å². The van der Waals surface area contributed by atoms with Gasteiger partial charge < -0.3 is 0 Å². The molecule has 4 heteroatoms. The van der Waals surface area contributed by atoms with Gasteiger partial charge in [0, 0.05) is 5.88 Å². The van der Waals surface area contributed by atoms with Crippen LogP contribution in [-0.4, -0.2) is 18.9 Å². The highest BCUT2D eigenvalue weighted by Crippen LogP contribution is 1.71. The van der Waals surface area contributed by atoms with Crippen LogP contribution in [-0.2, 0) is 9.63 Å². The van der Waals surface area contributed by atoms with Gasteiger partial charge >= 0.3 is 0 Å². The van der Waals surface area contributed by atoms with Crippen LogP contribution in [0.4, 0.5) is 0 Å². The van der Waals surface area contributed by atoms with E-state index >= 15 is 0 Å². The lowest BCUT2D eigenvalue weighted by molar-refractivity contribution is -0.120. The molecule has 1 N–H and O–H groups in total. The molecule has 0 fully saturated rings. The van der Waals surface area contributed by atoms with Crippen LogP contribution in [0.25, 0.3) is 0 Å². The maximum atomic E-state index is 9.40. The molecule has 0 spiro atoms. The maximum absolute atomic E-state index is 9.40. The van der Waals surface area contributed by atoms with Crippen molar-refractivity contribution in [2.75, 3.05) is 12.5 Å². The molecule has 0 heterocycles. The highest BCUT2D eigenvalue weighted by molar-refractivity contribution is 6.17. The predicted molar refractivity (Wildman–Crippen MR) is 25.9 cm³/mol. The Kier molecular flexibility index (Phi) is 5.49. The maximum Gasteiger partial charge on any atom is 0.230 e. The lowest BCUT2D eigenvalue weighted by Crippen LogP contribution is -2.12. The number of amides is 1. The number of hydroxylamine groups is 1. The smallest absolute Gasteiger partial charge is 0.230 e. The minimum atomic E-state index is 0.348. The van der Waals surface area contributed by atoms with E-state index in [0.717, 1.165) is 0 Å². The lowest BCUT2D eigenvalue weighted by Gasteiger charge is -1.92. The quantitative estimate of drug-likeness (QED) is 0.246. The van der Waals surface area contributed by atoms with Crippen molar-refractivity contribution in [1.82, 2.24) is 5.48 Å². The van der Waals surface area contributed by atoms with Gasteiger partial charge in [-0.05, 0) is 0 Å². The SMILES string of the molecule is O=CNOCCCl. The van der Waals surface area contributed by atoms with Gasteiger partial charge in [-0.15, -0.1) is 11.6 Å². The van der Waals surface area contributed by atoms with E-state index in [-0.39, 0.29) is 0 Å². The molecular weight excluding hydrogens is 117 g/mol. The third kappa shape index (κ3) is 5.72. The molecule has 0 aromatic carbocycles. The molecule has 0 atom stereocenters. The van der Waals surface area contributed by atoms with Crippen molar-refractivity contribution in [2.24, 2.45) is 0 Å². The Bertz CT molecular complexity index is 50.2. The first kappa shape index (κ1) is 6.72. The van der Waals surface area contributed by atoms with Gasteiger partial charge in [-0.1, -0.05) is 0 Å². The van der Waals surface area contributed by atoms with Gasteiger partial charge in [0.2, 0.25) is 6.41 Å². The van der Waals surface area contributed by atoms with Crippen molar-refractivity contribution in [3.05, 3.63) is 0 Å². The highest BCUT2D eigenvalue weighted by Gasteiger charge is 1.76. The van der Waals surface area contributed by atoms with Crippen LogP contribution in [0, 0.1) is 0 Å². The van der Waals surface area contributed by atoms with Crippen LogP contribution < -0.4 is 5.48 Å². The molecule has 1 amide bonds. The van der Waals surface area contributed by atoms with E-state index in [1.165, 1.54) is 0 Å². The fourth-order valence-electron chi connectivity index (χ4n) is 0.132. The average Bonchev–Trinajstić information content (AvgIpc) is 1.69. The van der Waals surface area contributed by atoms with Crippen LogP contribution >= 0.6 is 11.6 Å². The second-order valence-corrected chi connectivity index (χ2v) is 1.15. The average molecular weight is 124 g/mol. The van der Waals surface area contributed by atoms with Gasteiger partial charge in [0.1, 0.15) is 0 Å². The second-order valence-electron chi connectivity index (χ2n) is 0.773. The number of rotatable bonds is 4. The Morgan fingerprint density at radius 2 is 2.57 bits per heavy atom. The summed E-state index contributed by atoms with van der Waals surface area (Å²) in [5.74, 6) is 0.390. The Labute approximate surface area is 46.6 Å². The van der Waals surface area contributed by atoms with Crippen molar-refractivity contribution in [1.29, 1.82) is 0 Å². The Morgan fingerprint density at radius 1 is 1.86 bits per heavy atom. The molecule has 0 saturated heterocycles. The molecule has 0 bridgehead atoms. The molecule has 0 rings (SSSR count). The topological polar surface area (TPSA) is 38.3 Å². The molecule has 0 aliphatic rings. The standard InChI is InChI=1S/C3H6ClNO2/c4-1-2-7-5-3-6/h3H,1-2H2,(H,5,6). The van der Waals surface area contributed by atoms with Crippen LogP contribution in [0.2, 0.25) is 0 Å². The summed E-state index contributed by atoms with van der Waals surface area (Å²) in [6.07, 6.45) is 0.451.